The molecule has 1 saturated heterocycles. The highest BCUT2D eigenvalue weighted by atomic mass is 32.1. The Hall–Kier alpha value is -4.12. The lowest BCUT2D eigenvalue weighted by Gasteiger charge is -2.30. The van der Waals surface area contributed by atoms with Crippen LogP contribution in [0, 0.1) is 10.2 Å². The summed E-state index contributed by atoms with van der Waals surface area (Å²) in [5.41, 5.74) is 2.66. The average Bonchev–Trinajstić information content (AvgIpc) is 3.27. The van der Waals surface area contributed by atoms with E-state index in [4.69, 9.17) is 27.1 Å². The minimum absolute atomic E-state index is 0.0153. The van der Waals surface area contributed by atoms with Gasteiger partial charge in [0.1, 0.15) is 11.2 Å². The van der Waals surface area contributed by atoms with Gasteiger partial charge in [0.05, 0.1) is 19.7 Å². The summed E-state index contributed by atoms with van der Waals surface area (Å²) < 4.78 is 12.7. The molecule has 0 bridgehead atoms. The second kappa shape index (κ2) is 9.50. The number of benzene rings is 2. The van der Waals surface area contributed by atoms with Crippen molar-refractivity contribution in [2.45, 2.75) is 13.0 Å². The van der Waals surface area contributed by atoms with Crippen LogP contribution in [-0.2, 0) is 6.54 Å². The van der Waals surface area contributed by atoms with E-state index >= 15 is 0 Å². The van der Waals surface area contributed by atoms with Gasteiger partial charge >= 0.3 is 0 Å². The first-order chi connectivity index (χ1) is 17.4. The molecule has 2 aromatic carbocycles. The molecular weight excluding hydrogens is 480 g/mol. The van der Waals surface area contributed by atoms with E-state index in [1.807, 2.05) is 17.0 Å². The number of fused-ring (bicyclic) bond motifs is 2. The Morgan fingerprint density at radius 2 is 1.81 bits per heavy atom. The highest BCUT2D eigenvalue weighted by Crippen LogP contribution is 2.30. The van der Waals surface area contributed by atoms with E-state index in [1.165, 1.54) is 7.11 Å². The molecule has 2 amide bonds. The number of amides is 2. The van der Waals surface area contributed by atoms with Crippen LogP contribution >= 0.6 is 12.2 Å². The predicted octanol–water partition coefficient (Wildman–Crippen LogP) is 2.95. The third-order valence-corrected chi connectivity index (χ3v) is 6.73. The number of aromatic amines is 2. The molecule has 10 nitrogen and oxygen atoms in total. The summed E-state index contributed by atoms with van der Waals surface area (Å²) >= 11 is 5.45. The van der Waals surface area contributed by atoms with Crippen molar-refractivity contribution in [1.29, 1.82) is 5.41 Å². The standard InChI is InChI=1S/C25H26N6O4S/c1-34-20-12-16-18(13-21(20)35-2)29-25(36)31(22(16)26)9-6-27-23(32)19-11-15-10-14(4-5-17(15)28-19)24(33)30-7-3-8-30/h4-5,10-13,26,28H,3,6-9H2,1-2H3,(H,27,32)(H,29,36). The van der Waals surface area contributed by atoms with Crippen LogP contribution in [0.5, 0.6) is 11.5 Å². The van der Waals surface area contributed by atoms with E-state index in [-0.39, 0.29) is 23.8 Å². The summed E-state index contributed by atoms with van der Waals surface area (Å²) in [7, 11) is 3.09. The van der Waals surface area contributed by atoms with Gasteiger partial charge in [-0.2, -0.15) is 0 Å². The Balaban J connectivity index is 1.31. The third kappa shape index (κ3) is 4.22. The Morgan fingerprint density at radius 1 is 1.06 bits per heavy atom. The van der Waals surface area contributed by atoms with Crippen molar-refractivity contribution in [3.05, 3.63) is 57.9 Å². The molecular formula is C25H26N6O4S. The zero-order valence-electron chi connectivity index (χ0n) is 19.9. The third-order valence-electron chi connectivity index (χ3n) is 6.41. The number of carbonyl (C=O) groups excluding carboxylic acids is 2. The molecule has 1 fully saturated rings. The van der Waals surface area contributed by atoms with E-state index in [1.54, 1.807) is 35.9 Å². The minimum atomic E-state index is -0.281. The van der Waals surface area contributed by atoms with Gasteiger partial charge in [-0.25, -0.2) is 0 Å². The number of rotatable bonds is 7. The molecule has 0 spiro atoms. The summed E-state index contributed by atoms with van der Waals surface area (Å²) in [5, 5.41) is 12.9. The maximum absolute atomic E-state index is 12.8. The molecule has 0 atom stereocenters. The molecule has 3 heterocycles. The molecule has 0 radical (unpaired) electrons. The number of likely N-dealkylation sites (tertiary alicyclic amines) is 1. The summed E-state index contributed by atoms with van der Waals surface area (Å²) in [4.78, 5) is 33.3. The van der Waals surface area contributed by atoms with Crippen molar-refractivity contribution in [2.24, 2.45) is 0 Å². The minimum Gasteiger partial charge on any atom is -0.493 e. The lowest BCUT2D eigenvalue weighted by Crippen LogP contribution is -2.41. The van der Waals surface area contributed by atoms with Gasteiger partial charge in [-0.15, -0.1) is 0 Å². The number of methoxy groups -OCH3 is 2. The predicted molar refractivity (Wildman–Crippen MR) is 137 cm³/mol. The number of carbonyl (C=O) groups is 2. The maximum atomic E-state index is 12.8. The topological polar surface area (TPSA) is 128 Å². The van der Waals surface area contributed by atoms with Crippen LogP contribution < -0.4 is 20.3 Å². The lowest BCUT2D eigenvalue weighted by molar-refractivity contribution is 0.0652. The number of hydrogen-bond acceptors (Lipinski definition) is 6. The number of nitrogens with zero attached hydrogens (tertiary/aromatic N) is 2. The van der Waals surface area contributed by atoms with E-state index < -0.39 is 0 Å². The fraction of sp³-hybridized carbons (Fsp3) is 0.280. The van der Waals surface area contributed by atoms with Crippen LogP contribution in [0.1, 0.15) is 27.3 Å². The van der Waals surface area contributed by atoms with Gasteiger partial charge in [-0.1, -0.05) is 0 Å². The molecule has 2 aromatic heterocycles. The fourth-order valence-electron chi connectivity index (χ4n) is 4.29. The first kappa shape index (κ1) is 23.6. The van der Waals surface area contributed by atoms with Crippen LogP contribution in [0.2, 0.25) is 0 Å². The lowest BCUT2D eigenvalue weighted by atomic mass is 10.1. The van der Waals surface area contributed by atoms with E-state index in [0.29, 0.717) is 45.0 Å². The van der Waals surface area contributed by atoms with Crippen molar-refractivity contribution in [3.63, 3.8) is 0 Å². The molecule has 11 heteroatoms. The number of hydrogen-bond donors (Lipinski definition) is 4. The SMILES string of the molecule is COc1cc2[nH]c(=S)n(CCNC(=O)c3cc4cc(C(=O)N5CCC5)ccc4[nH]3)c(=N)c2cc1OC. The molecule has 4 N–H and O–H groups in total. The second-order valence-corrected chi connectivity index (χ2v) is 8.96. The molecule has 36 heavy (non-hydrogen) atoms. The molecule has 186 valence electrons. The Kier molecular flexibility index (Phi) is 6.23. The number of aromatic nitrogens is 3. The second-order valence-electron chi connectivity index (χ2n) is 8.57. The van der Waals surface area contributed by atoms with Gasteiger partial charge in [-0.3, -0.25) is 15.0 Å². The Labute approximate surface area is 211 Å². The smallest absolute Gasteiger partial charge is 0.267 e. The zero-order chi connectivity index (χ0) is 25.4. The molecule has 5 rings (SSSR count). The number of nitrogens with one attached hydrogen (secondary N) is 4. The normalized spacial score (nSPS) is 13.0. The summed E-state index contributed by atoms with van der Waals surface area (Å²) in [6.07, 6.45) is 1.04. The Bertz CT molecular complexity index is 1610. The largest absolute Gasteiger partial charge is 0.493 e. The highest BCUT2D eigenvalue weighted by Gasteiger charge is 2.22. The van der Waals surface area contributed by atoms with Gasteiger partial charge in [0, 0.05) is 54.1 Å². The number of H-pyrrole nitrogens is 2. The summed E-state index contributed by atoms with van der Waals surface area (Å²) in [5.74, 6) is 0.783. The monoisotopic (exact) mass is 506 g/mol. The first-order valence-electron chi connectivity index (χ1n) is 11.5. The van der Waals surface area contributed by atoms with Crippen LogP contribution in [0.4, 0.5) is 0 Å². The van der Waals surface area contributed by atoms with Crippen LogP contribution in [0.3, 0.4) is 0 Å². The summed E-state index contributed by atoms with van der Waals surface area (Å²) in [6.45, 7) is 2.15. The fourth-order valence-corrected chi connectivity index (χ4v) is 4.58. The van der Waals surface area contributed by atoms with Gasteiger partial charge in [0.2, 0.25) is 0 Å². The van der Waals surface area contributed by atoms with E-state index in [2.05, 4.69) is 15.3 Å². The van der Waals surface area contributed by atoms with E-state index in [9.17, 15) is 9.59 Å². The Morgan fingerprint density at radius 3 is 2.50 bits per heavy atom. The van der Waals surface area contributed by atoms with Crippen molar-refractivity contribution in [3.8, 4) is 11.5 Å². The van der Waals surface area contributed by atoms with E-state index in [0.717, 1.165) is 30.4 Å². The first-order valence-corrected chi connectivity index (χ1v) is 11.9. The van der Waals surface area contributed by atoms with Gasteiger partial charge in [0.25, 0.3) is 11.8 Å². The van der Waals surface area contributed by atoms with Crippen LogP contribution in [0.15, 0.2) is 36.4 Å². The van der Waals surface area contributed by atoms with Crippen LogP contribution in [-0.4, -0.2) is 65.1 Å². The summed E-state index contributed by atoms with van der Waals surface area (Å²) in [6, 6.07) is 10.6. The average molecular weight is 507 g/mol. The molecule has 4 aromatic rings. The molecule has 0 saturated carbocycles. The van der Waals surface area contributed by atoms with Gasteiger partial charge < -0.3 is 34.2 Å². The molecule has 1 aliphatic heterocycles. The highest BCUT2D eigenvalue weighted by molar-refractivity contribution is 7.71. The van der Waals surface area contributed by atoms with Crippen molar-refractivity contribution < 1.29 is 19.1 Å². The van der Waals surface area contributed by atoms with Crippen LogP contribution in [0.25, 0.3) is 21.8 Å². The maximum Gasteiger partial charge on any atom is 0.267 e. The number of ether oxygens (including phenoxy) is 2. The molecule has 0 unspecified atom stereocenters. The molecule has 1 aliphatic rings. The van der Waals surface area contributed by atoms with Crippen molar-refractivity contribution >= 4 is 45.8 Å². The van der Waals surface area contributed by atoms with Crippen molar-refractivity contribution in [1.82, 2.24) is 24.8 Å². The van der Waals surface area contributed by atoms with Gasteiger partial charge in [-0.05, 0) is 49.0 Å². The quantitative estimate of drug-likeness (QED) is 0.287. The van der Waals surface area contributed by atoms with Gasteiger partial charge in [0.15, 0.2) is 16.3 Å². The zero-order valence-corrected chi connectivity index (χ0v) is 20.8. The van der Waals surface area contributed by atoms with Crippen molar-refractivity contribution in [2.75, 3.05) is 33.9 Å². The molecule has 0 aliphatic carbocycles.